The standard InChI is InChI=1S/C18H23FN4O4/c1-21-18(17(10-20-21)23(24)25)22-8-7-16(9-14(19)11-22)27-12-13-3-5-15(26-2)6-4-13/h3-6,10,14,16H,7-9,11-12H2,1-2H3. The van der Waals surface area contributed by atoms with E-state index in [1.54, 1.807) is 19.1 Å². The summed E-state index contributed by atoms with van der Waals surface area (Å²) in [6.07, 6.45) is 0.657. The van der Waals surface area contributed by atoms with Gasteiger partial charge in [-0.1, -0.05) is 12.1 Å². The van der Waals surface area contributed by atoms with Crippen molar-refractivity contribution in [2.45, 2.75) is 31.7 Å². The van der Waals surface area contributed by atoms with E-state index in [1.807, 2.05) is 24.3 Å². The second-order valence-electron chi connectivity index (χ2n) is 6.58. The first-order valence-corrected chi connectivity index (χ1v) is 8.78. The molecule has 1 aromatic carbocycles. The fourth-order valence-corrected chi connectivity index (χ4v) is 3.30. The van der Waals surface area contributed by atoms with Crippen molar-refractivity contribution >= 4 is 11.5 Å². The van der Waals surface area contributed by atoms with E-state index in [9.17, 15) is 14.5 Å². The lowest BCUT2D eigenvalue weighted by Gasteiger charge is -2.22. The van der Waals surface area contributed by atoms with Crippen LogP contribution in [0.1, 0.15) is 18.4 Å². The lowest BCUT2D eigenvalue weighted by Crippen LogP contribution is -2.31. The van der Waals surface area contributed by atoms with E-state index < -0.39 is 11.1 Å². The van der Waals surface area contributed by atoms with Crippen LogP contribution in [0.3, 0.4) is 0 Å². The summed E-state index contributed by atoms with van der Waals surface area (Å²) in [5, 5.41) is 15.2. The minimum Gasteiger partial charge on any atom is -0.497 e. The maximum Gasteiger partial charge on any atom is 0.331 e. The molecule has 0 radical (unpaired) electrons. The summed E-state index contributed by atoms with van der Waals surface area (Å²) in [7, 11) is 3.23. The molecular formula is C18H23FN4O4. The van der Waals surface area contributed by atoms with Crippen molar-refractivity contribution in [3.8, 4) is 5.75 Å². The second kappa shape index (κ2) is 8.34. The molecular weight excluding hydrogens is 355 g/mol. The fraction of sp³-hybridized carbons (Fsp3) is 0.500. The number of ether oxygens (including phenoxy) is 2. The molecule has 1 saturated heterocycles. The van der Waals surface area contributed by atoms with Gasteiger partial charge in [0.1, 0.15) is 18.1 Å². The predicted octanol–water partition coefficient (Wildman–Crippen LogP) is 2.86. The number of halogens is 1. The molecule has 0 amide bonds. The minimum atomic E-state index is -1.14. The maximum atomic E-state index is 14.5. The zero-order valence-corrected chi connectivity index (χ0v) is 15.4. The van der Waals surface area contributed by atoms with Crippen LogP contribution in [-0.4, -0.2) is 47.2 Å². The van der Waals surface area contributed by atoms with E-state index >= 15 is 0 Å². The van der Waals surface area contributed by atoms with Crippen molar-refractivity contribution in [2.75, 3.05) is 25.1 Å². The average molecular weight is 378 g/mol. The van der Waals surface area contributed by atoms with Crippen molar-refractivity contribution in [1.82, 2.24) is 9.78 Å². The molecule has 9 heteroatoms. The third kappa shape index (κ3) is 4.54. The van der Waals surface area contributed by atoms with E-state index in [0.717, 1.165) is 11.3 Å². The van der Waals surface area contributed by atoms with Crippen LogP contribution in [0.4, 0.5) is 15.9 Å². The first-order valence-electron chi connectivity index (χ1n) is 8.78. The Balaban J connectivity index is 1.63. The van der Waals surface area contributed by atoms with Crippen LogP contribution >= 0.6 is 0 Å². The fourth-order valence-electron chi connectivity index (χ4n) is 3.30. The Kier molecular flexibility index (Phi) is 5.90. The van der Waals surface area contributed by atoms with Gasteiger partial charge in [-0.3, -0.25) is 10.1 Å². The molecule has 1 fully saturated rings. The molecule has 2 atom stereocenters. The highest BCUT2D eigenvalue weighted by Crippen LogP contribution is 2.30. The molecule has 0 bridgehead atoms. The summed E-state index contributed by atoms with van der Waals surface area (Å²) in [4.78, 5) is 12.4. The van der Waals surface area contributed by atoms with E-state index in [0.29, 0.717) is 25.4 Å². The number of alkyl halides is 1. The second-order valence-corrected chi connectivity index (χ2v) is 6.58. The molecule has 0 saturated carbocycles. The average Bonchev–Trinajstić information content (AvgIpc) is 2.94. The molecule has 3 rings (SSSR count). The SMILES string of the molecule is COc1ccc(COC2CCN(c3c([N+](=O)[O-])cnn3C)CC(F)C2)cc1. The number of aromatic nitrogens is 2. The van der Waals surface area contributed by atoms with Gasteiger partial charge in [-0.05, 0) is 24.1 Å². The molecule has 0 aliphatic carbocycles. The van der Waals surface area contributed by atoms with Gasteiger partial charge in [0.05, 0.1) is 31.3 Å². The molecule has 1 aliphatic rings. The lowest BCUT2D eigenvalue weighted by atomic mass is 10.1. The first kappa shape index (κ1) is 19.1. The molecule has 0 N–H and O–H groups in total. The molecule has 1 aliphatic heterocycles. The quantitative estimate of drug-likeness (QED) is 0.568. The van der Waals surface area contributed by atoms with Crippen LogP contribution in [0, 0.1) is 10.1 Å². The van der Waals surface area contributed by atoms with Gasteiger partial charge in [-0.15, -0.1) is 0 Å². The highest BCUT2D eigenvalue weighted by Gasteiger charge is 2.31. The number of nitro groups is 1. The third-order valence-corrected chi connectivity index (χ3v) is 4.69. The van der Waals surface area contributed by atoms with E-state index in [4.69, 9.17) is 9.47 Å². The van der Waals surface area contributed by atoms with Crippen molar-refractivity contribution < 1.29 is 18.8 Å². The Hall–Kier alpha value is -2.68. The number of anilines is 1. The number of benzene rings is 1. The smallest absolute Gasteiger partial charge is 0.331 e. The molecule has 146 valence electrons. The molecule has 8 nitrogen and oxygen atoms in total. The van der Waals surface area contributed by atoms with Crippen LogP contribution in [0.5, 0.6) is 5.75 Å². The van der Waals surface area contributed by atoms with E-state index in [1.165, 1.54) is 10.9 Å². The Morgan fingerprint density at radius 1 is 1.37 bits per heavy atom. The Morgan fingerprint density at radius 3 is 2.78 bits per heavy atom. The van der Waals surface area contributed by atoms with Gasteiger partial charge in [0.25, 0.3) is 0 Å². The van der Waals surface area contributed by atoms with Crippen LogP contribution in [0.15, 0.2) is 30.5 Å². The van der Waals surface area contributed by atoms with Gasteiger partial charge >= 0.3 is 5.69 Å². The zero-order chi connectivity index (χ0) is 19.4. The number of nitrogens with zero attached hydrogens (tertiary/aromatic N) is 4. The van der Waals surface area contributed by atoms with Gasteiger partial charge in [0.15, 0.2) is 0 Å². The Bertz CT molecular complexity index is 780. The number of methoxy groups -OCH3 is 1. The molecule has 2 aromatic rings. The van der Waals surface area contributed by atoms with Gasteiger partial charge in [0.2, 0.25) is 5.82 Å². The summed E-state index contributed by atoms with van der Waals surface area (Å²) in [5.41, 5.74) is 0.872. The topological polar surface area (TPSA) is 82.7 Å². The number of rotatable bonds is 6. The first-order chi connectivity index (χ1) is 13.0. The highest BCUT2D eigenvalue weighted by molar-refractivity contribution is 5.57. The molecule has 2 unspecified atom stereocenters. The normalized spacial score (nSPS) is 20.3. The zero-order valence-electron chi connectivity index (χ0n) is 15.4. The Morgan fingerprint density at radius 2 is 2.11 bits per heavy atom. The van der Waals surface area contributed by atoms with Crippen molar-refractivity contribution in [3.63, 3.8) is 0 Å². The number of hydrogen-bond acceptors (Lipinski definition) is 6. The van der Waals surface area contributed by atoms with Crippen molar-refractivity contribution in [3.05, 3.63) is 46.1 Å². The molecule has 27 heavy (non-hydrogen) atoms. The minimum absolute atomic E-state index is 0.0861. The Labute approximate surface area is 156 Å². The maximum absolute atomic E-state index is 14.5. The summed E-state index contributed by atoms with van der Waals surface area (Å²) >= 11 is 0. The van der Waals surface area contributed by atoms with Crippen molar-refractivity contribution in [2.24, 2.45) is 7.05 Å². The largest absolute Gasteiger partial charge is 0.497 e. The van der Waals surface area contributed by atoms with Gasteiger partial charge in [-0.25, -0.2) is 9.07 Å². The van der Waals surface area contributed by atoms with Crippen molar-refractivity contribution in [1.29, 1.82) is 0 Å². The predicted molar refractivity (Wildman–Crippen MR) is 97.8 cm³/mol. The molecule has 2 heterocycles. The van der Waals surface area contributed by atoms with Crippen LogP contribution in [0.2, 0.25) is 0 Å². The number of hydrogen-bond donors (Lipinski definition) is 0. The summed E-state index contributed by atoms with van der Waals surface area (Å²) in [5.74, 6) is 1.10. The van der Waals surface area contributed by atoms with Crippen LogP contribution in [0.25, 0.3) is 0 Å². The lowest BCUT2D eigenvalue weighted by molar-refractivity contribution is -0.384. The van der Waals surface area contributed by atoms with Gasteiger partial charge in [0, 0.05) is 20.0 Å². The summed E-state index contributed by atoms with van der Waals surface area (Å²) in [6, 6.07) is 7.53. The van der Waals surface area contributed by atoms with Crippen LogP contribution in [-0.2, 0) is 18.4 Å². The monoisotopic (exact) mass is 378 g/mol. The summed E-state index contributed by atoms with van der Waals surface area (Å²) in [6.45, 7) is 0.935. The molecule has 0 spiro atoms. The molecule has 1 aromatic heterocycles. The third-order valence-electron chi connectivity index (χ3n) is 4.69. The van der Waals surface area contributed by atoms with Gasteiger partial charge in [-0.2, -0.15) is 5.10 Å². The van der Waals surface area contributed by atoms with Gasteiger partial charge < -0.3 is 14.4 Å². The number of aryl methyl sites for hydroxylation is 1. The van der Waals surface area contributed by atoms with Crippen LogP contribution < -0.4 is 9.64 Å². The highest BCUT2D eigenvalue weighted by atomic mass is 19.1. The van der Waals surface area contributed by atoms with E-state index in [-0.39, 0.29) is 24.8 Å². The van der Waals surface area contributed by atoms with E-state index in [2.05, 4.69) is 5.10 Å². The summed E-state index contributed by atoms with van der Waals surface area (Å²) < 4.78 is 26.9.